The molecular formula is C10H12ClN3OS. The van der Waals surface area contributed by atoms with Gasteiger partial charge >= 0.3 is 0 Å². The molecule has 0 radical (unpaired) electrons. The molecule has 0 bridgehead atoms. The van der Waals surface area contributed by atoms with Crippen molar-refractivity contribution < 1.29 is 5.11 Å². The van der Waals surface area contributed by atoms with Crippen LogP contribution in [-0.2, 0) is 13.5 Å². The molecule has 0 fully saturated rings. The molecule has 0 amide bonds. The molecular weight excluding hydrogens is 246 g/mol. The quantitative estimate of drug-likeness (QED) is 0.916. The van der Waals surface area contributed by atoms with Gasteiger partial charge < -0.3 is 5.11 Å². The second-order valence-electron chi connectivity index (χ2n) is 3.58. The van der Waals surface area contributed by atoms with Crippen LogP contribution in [0.3, 0.4) is 0 Å². The number of nitrogens with zero attached hydrogens (tertiary/aromatic N) is 3. The van der Waals surface area contributed by atoms with Crippen LogP contribution < -0.4 is 0 Å². The van der Waals surface area contributed by atoms with E-state index in [4.69, 9.17) is 11.6 Å². The first-order valence-corrected chi connectivity index (χ1v) is 6.10. The summed E-state index contributed by atoms with van der Waals surface area (Å²) in [6.45, 7) is 1.94. The second kappa shape index (κ2) is 4.53. The highest BCUT2D eigenvalue weighted by atomic mass is 35.5. The summed E-state index contributed by atoms with van der Waals surface area (Å²) < 4.78 is 1.59. The lowest BCUT2D eigenvalue weighted by Crippen LogP contribution is -2.08. The summed E-state index contributed by atoms with van der Waals surface area (Å²) in [4.78, 5) is 4.31. The molecule has 6 heteroatoms. The first-order valence-electron chi connectivity index (χ1n) is 4.84. The van der Waals surface area contributed by atoms with Crippen molar-refractivity contribution in [2.45, 2.75) is 19.4 Å². The molecule has 0 aliphatic rings. The van der Waals surface area contributed by atoms with Crippen LogP contribution in [0.4, 0.5) is 0 Å². The molecule has 4 nitrogen and oxygen atoms in total. The SMILES string of the molecule is Cc1nc(CC(O)c2c(Cl)cnn2C)cs1. The van der Waals surface area contributed by atoms with Gasteiger partial charge in [0.1, 0.15) is 6.10 Å². The highest BCUT2D eigenvalue weighted by Gasteiger charge is 2.17. The van der Waals surface area contributed by atoms with E-state index in [0.717, 1.165) is 10.7 Å². The molecule has 0 spiro atoms. The van der Waals surface area contributed by atoms with E-state index >= 15 is 0 Å². The van der Waals surface area contributed by atoms with Crippen LogP contribution in [-0.4, -0.2) is 19.9 Å². The molecule has 1 unspecified atom stereocenters. The molecule has 0 aromatic carbocycles. The fourth-order valence-electron chi connectivity index (χ4n) is 1.59. The maximum Gasteiger partial charge on any atom is 0.103 e. The maximum atomic E-state index is 10.1. The fraction of sp³-hybridized carbons (Fsp3) is 0.400. The van der Waals surface area contributed by atoms with Crippen molar-refractivity contribution in [1.29, 1.82) is 0 Å². The zero-order chi connectivity index (χ0) is 11.7. The van der Waals surface area contributed by atoms with Gasteiger partial charge in [0.15, 0.2) is 0 Å². The van der Waals surface area contributed by atoms with Crippen molar-refractivity contribution in [3.05, 3.63) is 33.0 Å². The Morgan fingerprint density at radius 1 is 1.62 bits per heavy atom. The highest BCUT2D eigenvalue weighted by molar-refractivity contribution is 7.09. The maximum absolute atomic E-state index is 10.1. The summed E-state index contributed by atoms with van der Waals surface area (Å²) in [5, 5.41) is 17.5. The van der Waals surface area contributed by atoms with Gasteiger partial charge in [-0.15, -0.1) is 11.3 Å². The first-order chi connectivity index (χ1) is 7.58. The van der Waals surface area contributed by atoms with E-state index in [-0.39, 0.29) is 0 Å². The van der Waals surface area contributed by atoms with E-state index in [1.165, 1.54) is 6.20 Å². The summed E-state index contributed by atoms with van der Waals surface area (Å²) >= 11 is 7.52. The number of aryl methyl sites for hydroxylation is 2. The predicted octanol–water partition coefficient (Wildman–Crippen LogP) is 2.11. The van der Waals surface area contributed by atoms with Gasteiger partial charge in [0.25, 0.3) is 0 Å². The normalized spacial score (nSPS) is 13.0. The molecule has 86 valence electrons. The van der Waals surface area contributed by atoms with Crippen LogP contribution in [0.2, 0.25) is 5.02 Å². The number of hydrogen-bond donors (Lipinski definition) is 1. The Morgan fingerprint density at radius 3 is 2.88 bits per heavy atom. The summed E-state index contributed by atoms with van der Waals surface area (Å²) in [6, 6.07) is 0. The number of aliphatic hydroxyl groups excluding tert-OH is 1. The van der Waals surface area contributed by atoms with Gasteiger partial charge in [-0.1, -0.05) is 11.6 Å². The van der Waals surface area contributed by atoms with E-state index in [1.54, 1.807) is 23.1 Å². The van der Waals surface area contributed by atoms with Crippen LogP contribution in [0.15, 0.2) is 11.6 Å². The molecule has 16 heavy (non-hydrogen) atoms. The molecule has 0 aliphatic carbocycles. The van der Waals surface area contributed by atoms with Gasteiger partial charge in [-0.3, -0.25) is 4.68 Å². The van der Waals surface area contributed by atoms with Crippen LogP contribution in [0.25, 0.3) is 0 Å². The van der Waals surface area contributed by atoms with Gasteiger partial charge in [-0.2, -0.15) is 5.10 Å². The van der Waals surface area contributed by atoms with Crippen molar-refractivity contribution in [1.82, 2.24) is 14.8 Å². The van der Waals surface area contributed by atoms with Gasteiger partial charge in [-0.05, 0) is 6.92 Å². The van der Waals surface area contributed by atoms with Crippen LogP contribution in [0.5, 0.6) is 0 Å². The largest absolute Gasteiger partial charge is 0.386 e. The van der Waals surface area contributed by atoms with E-state index in [2.05, 4.69) is 10.1 Å². The summed E-state index contributed by atoms with van der Waals surface area (Å²) in [5.41, 5.74) is 1.51. The van der Waals surface area contributed by atoms with Crippen LogP contribution in [0, 0.1) is 6.92 Å². The standard InChI is InChI=1S/C10H12ClN3OS/c1-6-13-7(5-16-6)3-9(15)10-8(11)4-12-14(10)2/h4-5,9,15H,3H2,1-2H3. The number of rotatable bonds is 3. The molecule has 1 atom stereocenters. The van der Waals surface area contributed by atoms with E-state index in [0.29, 0.717) is 17.1 Å². The molecule has 2 rings (SSSR count). The van der Waals surface area contributed by atoms with Crippen molar-refractivity contribution in [3.8, 4) is 0 Å². The minimum absolute atomic E-state index is 0.462. The van der Waals surface area contributed by atoms with Crippen molar-refractivity contribution in [2.75, 3.05) is 0 Å². The number of thiazole rings is 1. The monoisotopic (exact) mass is 257 g/mol. The Balaban J connectivity index is 2.17. The molecule has 0 saturated heterocycles. The van der Waals surface area contributed by atoms with Gasteiger partial charge in [0, 0.05) is 18.8 Å². The molecule has 2 aromatic heterocycles. The minimum atomic E-state index is -0.665. The zero-order valence-corrected chi connectivity index (χ0v) is 10.6. The Kier molecular flexibility index (Phi) is 3.28. The molecule has 1 N–H and O–H groups in total. The summed E-state index contributed by atoms with van der Waals surface area (Å²) in [7, 11) is 1.76. The molecule has 2 heterocycles. The summed E-state index contributed by atoms with van der Waals surface area (Å²) in [5.74, 6) is 0. The number of aliphatic hydroxyl groups is 1. The molecule has 2 aromatic rings. The van der Waals surface area contributed by atoms with Gasteiger partial charge in [-0.25, -0.2) is 4.98 Å². The third-order valence-electron chi connectivity index (χ3n) is 2.32. The van der Waals surface area contributed by atoms with Crippen molar-refractivity contribution in [3.63, 3.8) is 0 Å². The number of halogens is 1. The van der Waals surface area contributed by atoms with Gasteiger partial charge in [0.2, 0.25) is 0 Å². The third-order valence-corrected chi connectivity index (χ3v) is 3.44. The molecule has 0 saturated carbocycles. The lowest BCUT2D eigenvalue weighted by molar-refractivity contribution is 0.167. The highest BCUT2D eigenvalue weighted by Crippen LogP contribution is 2.25. The Labute approximate surface area is 103 Å². The number of aromatic nitrogens is 3. The Hall–Kier alpha value is -0.910. The average Bonchev–Trinajstić information content (AvgIpc) is 2.74. The first kappa shape index (κ1) is 11.6. The Bertz CT molecular complexity index is 474. The van der Waals surface area contributed by atoms with E-state index in [1.807, 2.05) is 12.3 Å². The summed E-state index contributed by atoms with van der Waals surface area (Å²) in [6.07, 6.45) is 1.33. The topological polar surface area (TPSA) is 50.9 Å². The van der Waals surface area contributed by atoms with Crippen molar-refractivity contribution in [2.24, 2.45) is 7.05 Å². The minimum Gasteiger partial charge on any atom is -0.386 e. The third kappa shape index (κ3) is 2.26. The lowest BCUT2D eigenvalue weighted by atomic mass is 10.1. The molecule has 0 aliphatic heterocycles. The van der Waals surface area contributed by atoms with E-state index < -0.39 is 6.10 Å². The zero-order valence-electron chi connectivity index (χ0n) is 9.01. The smallest absolute Gasteiger partial charge is 0.103 e. The Morgan fingerprint density at radius 2 is 2.38 bits per heavy atom. The lowest BCUT2D eigenvalue weighted by Gasteiger charge is -2.10. The average molecular weight is 258 g/mol. The van der Waals surface area contributed by atoms with E-state index in [9.17, 15) is 5.11 Å². The fourth-order valence-corrected chi connectivity index (χ4v) is 2.51. The van der Waals surface area contributed by atoms with Crippen LogP contribution >= 0.6 is 22.9 Å². The van der Waals surface area contributed by atoms with Gasteiger partial charge in [0.05, 0.1) is 27.6 Å². The second-order valence-corrected chi connectivity index (χ2v) is 5.05. The van der Waals surface area contributed by atoms with Crippen molar-refractivity contribution >= 4 is 22.9 Å². The number of hydrogen-bond acceptors (Lipinski definition) is 4. The predicted molar refractivity (Wildman–Crippen MR) is 63.7 cm³/mol. The van der Waals surface area contributed by atoms with Crippen LogP contribution in [0.1, 0.15) is 22.5 Å².